The van der Waals surface area contributed by atoms with Crippen molar-refractivity contribution in [3.63, 3.8) is 0 Å². The van der Waals surface area contributed by atoms with Gasteiger partial charge in [0.1, 0.15) is 10.6 Å². The summed E-state index contributed by atoms with van der Waals surface area (Å²) in [4.78, 5) is 12.3. The van der Waals surface area contributed by atoms with E-state index in [0.29, 0.717) is 16.3 Å². The lowest BCUT2D eigenvalue weighted by Gasteiger charge is -2.01. The Morgan fingerprint density at radius 3 is 2.82 bits per heavy atom. The highest BCUT2D eigenvalue weighted by molar-refractivity contribution is 7.08. The molecule has 0 atom stereocenters. The summed E-state index contributed by atoms with van der Waals surface area (Å²) in [5.74, 6) is 0.572. The van der Waals surface area contributed by atoms with E-state index in [9.17, 15) is 4.79 Å². The number of nitrogens with one attached hydrogen (secondary N) is 1. The first-order valence-electron chi connectivity index (χ1n) is 6.33. The van der Waals surface area contributed by atoms with Crippen LogP contribution in [-0.2, 0) is 6.61 Å². The first-order valence-corrected chi connectivity index (χ1v) is 7.10. The molecule has 0 radical (unpaired) electrons. The van der Waals surface area contributed by atoms with Gasteiger partial charge in [0, 0.05) is 0 Å². The summed E-state index contributed by atoms with van der Waals surface area (Å²) in [6.07, 6.45) is 0. The second-order valence-corrected chi connectivity index (χ2v) is 5.00. The van der Waals surface area contributed by atoms with E-state index in [1.165, 1.54) is 0 Å². The maximum absolute atomic E-state index is 11.9. The second-order valence-electron chi connectivity index (χ2n) is 4.24. The summed E-state index contributed by atoms with van der Waals surface area (Å²) in [7, 11) is 0. The smallest absolute Gasteiger partial charge is 0.322 e. The van der Waals surface area contributed by atoms with Crippen molar-refractivity contribution in [2.45, 2.75) is 13.5 Å². The quantitative estimate of drug-likeness (QED) is 0.768. The highest BCUT2D eigenvalue weighted by Crippen LogP contribution is 2.14. The molecule has 1 aromatic carbocycles. The third kappa shape index (κ3) is 3.26. The molecule has 8 nitrogen and oxygen atoms in total. The van der Waals surface area contributed by atoms with Crippen molar-refractivity contribution < 1.29 is 13.9 Å². The molecule has 0 fully saturated rings. The summed E-state index contributed by atoms with van der Waals surface area (Å²) >= 11 is 1.00. The Hall–Kier alpha value is -2.81. The van der Waals surface area contributed by atoms with Crippen LogP contribution in [0.3, 0.4) is 0 Å². The molecule has 0 aliphatic carbocycles. The maximum atomic E-state index is 11.9. The van der Waals surface area contributed by atoms with Gasteiger partial charge in [-0.05, 0) is 30.6 Å². The molecule has 22 heavy (non-hydrogen) atoms. The number of para-hydroxylation sites is 1. The van der Waals surface area contributed by atoms with Crippen LogP contribution in [0, 0.1) is 6.92 Å². The van der Waals surface area contributed by atoms with Gasteiger partial charge >= 0.3 is 6.01 Å². The summed E-state index contributed by atoms with van der Waals surface area (Å²) < 4.78 is 14.5. The van der Waals surface area contributed by atoms with E-state index in [2.05, 4.69) is 25.1 Å². The van der Waals surface area contributed by atoms with E-state index in [1.54, 1.807) is 6.92 Å². The third-order valence-electron chi connectivity index (χ3n) is 2.65. The van der Waals surface area contributed by atoms with Crippen LogP contribution in [0.2, 0.25) is 0 Å². The molecule has 1 N–H and O–H groups in total. The molecular formula is C13H11N5O3S. The zero-order valence-electron chi connectivity index (χ0n) is 11.5. The third-order valence-corrected chi connectivity index (χ3v) is 3.48. The maximum Gasteiger partial charge on any atom is 0.322 e. The zero-order valence-corrected chi connectivity index (χ0v) is 12.3. The predicted molar refractivity (Wildman–Crippen MR) is 77.7 cm³/mol. The van der Waals surface area contributed by atoms with Gasteiger partial charge in [-0.2, -0.15) is 0 Å². The van der Waals surface area contributed by atoms with Crippen LogP contribution in [0.1, 0.15) is 21.3 Å². The van der Waals surface area contributed by atoms with Crippen molar-refractivity contribution in [3.8, 4) is 5.75 Å². The lowest BCUT2D eigenvalue weighted by atomic mass is 10.3. The SMILES string of the molecule is Cc1nnsc1C(=O)Nc1nnc(COc2ccccc2)o1. The number of hydrogen-bond acceptors (Lipinski definition) is 8. The number of ether oxygens (including phenoxy) is 1. The van der Waals surface area contributed by atoms with Gasteiger partial charge in [0.15, 0.2) is 6.61 Å². The Morgan fingerprint density at radius 1 is 1.27 bits per heavy atom. The lowest BCUT2D eigenvalue weighted by Crippen LogP contribution is -2.11. The summed E-state index contributed by atoms with van der Waals surface area (Å²) in [6.45, 7) is 1.82. The molecule has 0 aliphatic heterocycles. The first kappa shape index (κ1) is 14.1. The number of anilines is 1. The molecule has 3 aromatic rings. The van der Waals surface area contributed by atoms with Crippen molar-refractivity contribution >= 4 is 23.5 Å². The van der Waals surface area contributed by atoms with Gasteiger partial charge in [-0.3, -0.25) is 10.1 Å². The van der Waals surface area contributed by atoms with Crippen LogP contribution in [0.15, 0.2) is 34.7 Å². The zero-order chi connectivity index (χ0) is 15.4. The molecule has 0 aliphatic rings. The lowest BCUT2D eigenvalue weighted by molar-refractivity contribution is 0.102. The van der Waals surface area contributed by atoms with Gasteiger partial charge in [0.25, 0.3) is 11.8 Å². The Bertz CT molecular complexity index is 771. The minimum absolute atomic E-state index is 0.00413. The summed E-state index contributed by atoms with van der Waals surface area (Å²) in [5.41, 5.74) is 0.551. The van der Waals surface area contributed by atoms with Gasteiger partial charge < -0.3 is 9.15 Å². The monoisotopic (exact) mass is 317 g/mol. The van der Waals surface area contributed by atoms with Crippen LogP contribution in [0.4, 0.5) is 6.01 Å². The van der Waals surface area contributed by atoms with E-state index >= 15 is 0 Å². The van der Waals surface area contributed by atoms with Gasteiger partial charge in [-0.1, -0.05) is 27.8 Å². The predicted octanol–water partition coefficient (Wildman–Crippen LogP) is 2.06. The molecule has 0 saturated heterocycles. The number of benzene rings is 1. The number of aryl methyl sites for hydroxylation is 1. The average molecular weight is 317 g/mol. The normalized spacial score (nSPS) is 10.4. The number of rotatable bonds is 5. The van der Waals surface area contributed by atoms with Crippen molar-refractivity contribution in [2.75, 3.05) is 5.32 Å². The summed E-state index contributed by atoms with van der Waals surface area (Å²) in [5, 5.41) is 13.8. The Labute approximate surface area is 129 Å². The number of hydrogen-bond donors (Lipinski definition) is 1. The molecule has 1 amide bonds. The minimum Gasteiger partial charge on any atom is -0.484 e. The van der Waals surface area contributed by atoms with Crippen molar-refractivity contribution in [1.29, 1.82) is 0 Å². The number of amides is 1. The molecule has 9 heteroatoms. The topological polar surface area (TPSA) is 103 Å². The van der Waals surface area contributed by atoms with Crippen molar-refractivity contribution in [3.05, 3.63) is 46.8 Å². The molecule has 0 spiro atoms. The highest BCUT2D eigenvalue weighted by atomic mass is 32.1. The fourth-order valence-electron chi connectivity index (χ4n) is 1.62. The van der Waals surface area contributed by atoms with E-state index < -0.39 is 0 Å². The molecule has 112 valence electrons. The van der Waals surface area contributed by atoms with Crippen LogP contribution in [-0.4, -0.2) is 25.7 Å². The van der Waals surface area contributed by atoms with E-state index in [0.717, 1.165) is 11.5 Å². The fraction of sp³-hybridized carbons (Fsp3) is 0.154. The number of carbonyl (C=O) groups excluding carboxylic acids is 1. The van der Waals surface area contributed by atoms with Crippen LogP contribution in [0.25, 0.3) is 0 Å². The molecular weight excluding hydrogens is 306 g/mol. The minimum atomic E-state index is -0.383. The van der Waals surface area contributed by atoms with Crippen molar-refractivity contribution in [1.82, 2.24) is 19.8 Å². The van der Waals surface area contributed by atoms with Crippen LogP contribution >= 0.6 is 11.5 Å². The van der Waals surface area contributed by atoms with Crippen molar-refractivity contribution in [2.24, 2.45) is 0 Å². The largest absolute Gasteiger partial charge is 0.484 e. The standard InChI is InChI=1S/C13H11N5O3S/c1-8-11(22-18-15-8)12(19)14-13-17-16-10(21-13)7-20-9-5-3-2-4-6-9/h2-6H,7H2,1H3,(H,14,17,19). The second kappa shape index (κ2) is 6.31. The Kier molecular flexibility index (Phi) is 4.05. The number of aromatic nitrogens is 4. The molecule has 2 heterocycles. The van der Waals surface area contributed by atoms with Crippen LogP contribution in [0.5, 0.6) is 5.75 Å². The first-order chi connectivity index (χ1) is 10.7. The van der Waals surface area contributed by atoms with Gasteiger partial charge in [-0.15, -0.1) is 10.2 Å². The van der Waals surface area contributed by atoms with E-state index in [-0.39, 0.29) is 24.4 Å². The Morgan fingerprint density at radius 2 is 2.09 bits per heavy atom. The van der Waals surface area contributed by atoms with E-state index in [1.807, 2.05) is 30.3 Å². The van der Waals surface area contributed by atoms with Crippen LogP contribution < -0.4 is 10.1 Å². The highest BCUT2D eigenvalue weighted by Gasteiger charge is 2.16. The average Bonchev–Trinajstić information content (AvgIpc) is 3.15. The summed E-state index contributed by atoms with van der Waals surface area (Å²) in [6, 6.07) is 9.26. The molecule has 3 rings (SSSR count). The van der Waals surface area contributed by atoms with Gasteiger partial charge in [0.05, 0.1) is 5.69 Å². The molecule has 0 bridgehead atoms. The van der Waals surface area contributed by atoms with Gasteiger partial charge in [0.2, 0.25) is 0 Å². The number of nitrogens with zero attached hydrogens (tertiary/aromatic N) is 4. The Balaban J connectivity index is 1.59. The molecule has 0 saturated carbocycles. The van der Waals surface area contributed by atoms with Gasteiger partial charge in [-0.25, -0.2) is 0 Å². The van der Waals surface area contributed by atoms with E-state index in [4.69, 9.17) is 9.15 Å². The molecule has 2 aromatic heterocycles. The molecule has 0 unspecified atom stereocenters. The fourth-order valence-corrected chi connectivity index (χ4v) is 2.17. The number of carbonyl (C=O) groups is 1.